The van der Waals surface area contributed by atoms with Crippen LogP contribution in [0, 0.1) is 5.92 Å². The molecule has 9 heteroatoms. The first-order valence-corrected chi connectivity index (χ1v) is 9.24. The summed E-state index contributed by atoms with van der Waals surface area (Å²) in [7, 11) is 3.38. The molecule has 1 aliphatic rings. The molecule has 0 aromatic heterocycles. The van der Waals surface area contributed by atoms with Crippen LogP contribution in [0.2, 0.25) is 0 Å². The van der Waals surface area contributed by atoms with E-state index in [0.717, 1.165) is 57.8 Å². The smallest absolute Gasteiger partial charge is 0.383 e. The van der Waals surface area contributed by atoms with E-state index in [1.165, 1.54) is 6.07 Å². The van der Waals surface area contributed by atoms with Gasteiger partial charge in [-0.15, -0.1) is 24.0 Å². The lowest BCUT2D eigenvalue weighted by atomic mass is 9.97. The summed E-state index contributed by atoms with van der Waals surface area (Å²) in [5.74, 6) is 1.17. The molecule has 0 radical (unpaired) electrons. The van der Waals surface area contributed by atoms with Crippen molar-refractivity contribution in [3.05, 3.63) is 35.4 Å². The topological polar surface area (TPSA) is 48.9 Å². The minimum absolute atomic E-state index is 0. The van der Waals surface area contributed by atoms with E-state index in [9.17, 15) is 13.2 Å². The predicted octanol–water partition coefficient (Wildman–Crippen LogP) is 3.35. The fourth-order valence-electron chi connectivity index (χ4n) is 3.14. The van der Waals surface area contributed by atoms with Crippen molar-refractivity contribution in [2.24, 2.45) is 10.9 Å². The van der Waals surface area contributed by atoms with E-state index in [4.69, 9.17) is 4.74 Å². The molecular formula is C19H30F3IN4O. The second-order valence-electron chi connectivity index (χ2n) is 6.78. The van der Waals surface area contributed by atoms with Gasteiger partial charge >= 0.3 is 6.18 Å². The minimum Gasteiger partial charge on any atom is -0.383 e. The molecule has 1 saturated heterocycles. The van der Waals surface area contributed by atoms with Gasteiger partial charge in [-0.25, -0.2) is 0 Å². The summed E-state index contributed by atoms with van der Waals surface area (Å²) in [4.78, 5) is 6.56. The lowest BCUT2D eigenvalue weighted by molar-refractivity contribution is -0.137. The van der Waals surface area contributed by atoms with E-state index in [1.54, 1.807) is 20.2 Å². The highest BCUT2D eigenvalue weighted by atomic mass is 127. The van der Waals surface area contributed by atoms with E-state index in [0.29, 0.717) is 24.0 Å². The Labute approximate surface area is 182 Å². The van der Waals surface area contributed by atoms with Crippen LogP contribution in [0.25, 0.3) is 0 Å². The number of aliphatic imine (C=N–C) groups is 1. The van der Waals surface area contributed by atoms with Crippen molar-refractivity contribution in [2.75, 3.05) is 46.9 Å². The van der Waals surface area contributed by atoms with Gasteiger partial charge in [0, 0.05) is 33.8 Å². The molecule has 0 saturated carbocycles. The molecule has 1 aromatic rings. The maximum atomic E-state index is 12.8. The SMILES string of the molecule is CN=C(NCc1cccc(C(F)(F)F)c1)NCC1CCN(CCOC)CC1.I. The molecule has 2 N–H and O–H groups in total. The Kier molecular flexibility index (Phi) is 11.1. The zero-order valence-corrected chi connectivity index (χ0v) is 18.7. The number of halogens is 4. The Bertz CT molecular complexity index is 605. The first-order valence-electron chi connectivity index (χ1n) is 9.24. The molecule has 1 heterocycles. The predicted molar refractivity (Wildman–Crippen MR) is 116 cm³/mol. The zero-order valence-electron chi connectivity index (χ0n) is 16.4. The summed E-state index contributed by atoms with van der Waals surface area (Å²) in [5, 5.41) is 6.37. The summed E-state index contributed by atoms with van der Waals surface area (Å²) in [6.45, 7) is 4.95. The van der Waals surface area contributed by atoms with E-state index in [2.05, 4.69) is 20.5 Å². The molecule has 0 bridgehead atoms. The molecule has 2 rings (SSSR count). The quantitative estimate of drug-likeness (QED) is 0.333. The van der Waals surface area contributed by atoms with Crippen molar-refractivity contribution in [2.45, 2.75) is 25.6 Å². The van der Waals surface area contributed by atoms with Gasteiger partial charge in [-0.05, 0) is 49.5 Å². The van der Waals surface area contributed by atoms with Crippen LogP contribution in [0.1, 0.15) is 24.0 Å². The first kappa shape index (κ1) is 25.0. The van der Waals surface area contributed by atoms with E-state index >= 15 is 0 Å². The highest BCUT2D eigenvalue weighted by Gasteiger charge is 2.30. The fraction of sp³-hybridized carbons (Fsp3) is 0.632. The van der Waals surface area contributed by atoms with Crippen molar-refractivity contribution in [1.82, 2.24) is 15.5 Å². The van der Waals surface area contributed by atoms with Crippen LogP contribution >= 0.6 is 24.0 Å². The van der Waals surface area contributed by atoms with Gasteiger partial charge < -0.3 is 20.3 Å². The summed E-state index contributed by atoms with van der Waals surface area (Å²) in [6.07, 6.45) is -2.10. The normalized spacial score (nSPS) is 16.5. The zero-order chi connectivity index (χ0) is 19.7. The van der Waals surface area contributed by atoms with Gasteiger partial charge in [0.1, 0.15) is 0 Å². The molecule has 1 aromatic carbocycles. The third kappa shape index (κ3) is 8.52. The maximum Gasteiger partial charge on any atom is 0.416 e. The first-order chi connectivity index (χ1) is 12.9. The molecule has 0 aliphatic carbocycles. The largest absolute Gasteiger partial charge is 0.416 e. The molecule has 28 heavy (non-hydrogen) atoms. The second kappa shape index (κ2) is 12.5. The third-order valence-electron chi connectivity index (χ3n) is 4.81. The van der Waals surface area contributed by atoms with Crippen LogP contribution in [-0.4, -0.2) is 57.8 Å². The standard InChI is InChI=1S/C19H29F3N4O.HI/c1-23-18(24-13-15-6-8-26(9-7-15)10-11-27-2)25-14-16-4-3-5-17(12-16)19(20,21)22;/h3-5,12,15H,6-11,13-14H2,1-2H3,(H2,23,24,25);1H. The summed E-state index contributed by atoms with van der Waals surface area (Å²) in [6, 6.07) is 5.34. The Morgan fingerprint density at radius 3 is 2.57 bits per heavy atom. The molecule has 0 amide bonds. The van der Waals surface area contributed by atoms with Crippen LogP contribution in [0.3, 0.4) is 0 Å². The number of nitrogens with zero attached hydrogens (tertiary/aromatic N) is 2. The van der Waals surface area contributed by atoms with Crippen molar-refractivity contribution < 1.29 is 17.9 Å². The number of piperidine rings is 1. The van der Waals surface area contributed by atoms with Crippen molar-refractivity contribution in [3.63, 3.8) is 0 Å². The monoisotopic (exact) mass is 514 g/mol. The number of benzene rings is 1. The van der Waals surface area contributed by atoms with Gasteiger partial charge in [-0.3, -0.25) is 4.99 Å². The van der Waals surface area contributed by atoms with Gasteiger partial charge in [-0.2, -0.15) is 13.2 Å². The number of alkyl halides is 3. The Morgan fingerprint density at radius 2 is 1.96 bits per heavy atom. The highest BCUT2D eigenvalue weighted by Crippen LogP contribution is 2.29. The summed E-state index contributed by atoms with van der Waals surface area (Å²) < 4.78 is 43.5. The number of guanidine groups is 1. The fourth-order valence-corrected chi connectivity index (χ4v) is 3.14. The van der Waals surface area contributed by atoms with Crippen LogP contribution in [0.5, 0.6) is 0 Å². The molecular weight excluding hydrogens is 484 g/mol. The molecule has 0 spiro atoms. The number of hydrogen-bond acceptors (Lipinski definition) is 3. The Morgan fingerprint density at radius 1 is 1.25 bits per heavy atom. The average Bonchev–Trinajstić information content (AvgIpc) is 2.67. The number of methoxy groups -OCH3 is 1. The van der Waals surface area contributed by atoms with Crippen LogP contribution in [0.4, 0.5) is 13.2 Å². The van der Waals surface area contributed by atoms with Crippen LogP contribution < -0.4 is 10.6 Å². The molecule has 0 unspecified atom stereocenters. The van der Waals surface area contributed by atoms with Gasteiger partial charge in [0.25, 0.3) is 0 Å². The molecule has 0 atom stereocenters. The number of likely N-dealkylation sites (tertiary alicyclic amines) is 1. The lowest BCUT2D eigenvalue weighted by Crippen LogP contribution is -2.43. The van der Waals surface area contributed by atoms with Gasteiger partial charge in [0.15, 0.2) is 5.96 Å². The van der Waals surface area contributed by atoms with Crippen molar-refractivity contribution in [3.8, 4) is 0 Å². The molecule has 1 fully saturated rings. The summed E-state index contributed by atoms with van der Waals surface area (Å²) in [5.41, 5.74) is -0.0656. The molecule has 160 valence electrons. The van der Waals surface area contributed by atoms with Gasteiger partial charge in [-0.1, -0.05) is 12.1 Å². The van der Waals surface area contributed by atoms with Crippen LogP contribution in [0.15, 0.2) is 29.3 Å². The number of rotatable bonds is 7. The Balaban J connectivity index is 0.00000392. The number of hydrogen-bond donors (Lipinski definition) is 2. The van der Waals surface area contributed by atoms with E-state index in [1.807, 2.05) is 0 Å². The molecule has 5 nitrogen and oxygen atoms in total. The van der Waals surface area contributed by atoms with Crippen molar-refractivity contribution in [1.29, 1.82) is 0 Å². The number of nitrogens with one attached hydrogen (secondary N) is 2. The van der Waals surface area contributed by atoms with E-state index < -0.39 is 11.7 Å². The molecule has 1 aliphatic heterocycles. The lowest BCUT2D eigenvalue weighted by Gasteiger charge is -2.32. The van der Waals surface area contributed by atoms with Crippen LogP contribution in [-0.2, 0) is 17.5 Å². The summed E-state index contributed by atoms with van der Waals surface area (Å²) >= 11 is 0. The number of ether oxygens (including phenoxy) is 1. The average molecular weight is 514 g/mol. The van der Waals surface area contributed by atoms with Gasteiger partial charge in [0.05, 0.1) is 12.2 Å². The Hall–Kier alpha value is -1.07. The maximum absolute atomic E-state index is 12.8. The van der Waals surface area contributed by atoms with Crippen molar-refractivity contribution >= 4 is 29.9 Å². The van der Waals surface area contributed by atoms with E-state index in [-0.39, 0.29) is 24.0 Å². The van der Waals surface area contributed by atoms with Gasteiger partial charge in [0.2, 0.25) is 0 Å². The highest BCUT2D eigenvalue weighted by molar-refractivity contribution is 14.0. The minimum atomic E-state index is -4.33. The second-order valence-corrected chi connectivity index (χ2v) is 6.78. The third-order valence-corrected chi connectivity index (χ3v) is 4.81.